The molecule has 1 saturated carbocycles. The van der Waals surface area contributed by atoms with Crippen LogP contribution < -0.4 is 5.32 Å². The Kier molecular flexibility index (Phi) is 5.30. The van der Waals surface area contributed by atoms with Crippen molar-refractivity contribution in [3.05, 3.63) is 59.0 Å². The Morgan fingerprint density at radius 1 is 1.22 bits per heavy atom. The molecule has 2 aliphatic heterocycles. The Bertz CT molecular complexity index is 1270. The molecule has 2 fully saturated rings. The van der Waals surface area contributed by atoms with E-state index >= 15 is 0 Å². The minimum Gasteiger partial charge on any atom is -0.388 e. The number of aliphatic hydroxyl groups excluding tert-OH is 2. The van der Waals surface area contributed by atoms with Crippen molar-refractivity contribution in [2.75, 3.05) is 19.4 Å². The van der Waals surface area contributed by atoms with Crippen LogP contribution in [0.5, 0.6) is 0 Å². The molecule has 5 aliphatic rings. The molecule has 6 rings (SSSR count). The number of pyridine rings is 1. The summed E-state index contributed by atoms with van der Waals surface area (Å²) in [5.74, 6) is 0.00998. The largest absolute Gasteiger partial charge is 0.388 e. The van der Waals surface area contributed by atoms with E-state index in [9.17, 15) is 15.0 Å². The minimum atomic E-state index is -0.958. The van der Waals surface area contributed by atoms with Gasteiger partial charge in [0.25, 0.3) is 5.91 Å². The van der Waals surface area contributed by atoms with Gasteiger partial charge in [-0.3, -0.25) is 9.78 Å². The van der Waals surface area contributed by atoms with Crippen LogP contribution in [-0.2, 0) is 9.53 Å². The lowest BCUT2D eigenvalue weighted by molar-refractivity contribution is -0.172. The molecule has 0 radical (unpaired) electrons. The molecule has 2 spiro atoms. The normalized spacial score (nSPS) is 41.3. The Balaban J connectivity index is 1.41. The maximum Gasteiger partial charge on any atom is 0.251 e. The fourth-order valence-corrected chi connectivity index (χ4v) is 8.23. The number of aromatic nitrogens is 1. The van der Waals surface area contributed by atoms with Crippen LogP contribution in [-0.4, -0.2) is 69.6 Å². The molecular formula is C30H39N3O4. The van der Waals surface area contributed by atoms with Gasteiger partial charge < -0.3 is 25.2 Å². The number of likely N-dealkylation sites (N-methyl/N-ethyl adjacent to an activating group) is 1. The third-order valence-corrected chi connectivity index (χ3v) is 10.6. The van der Waals surface area contributed by atoms with Gasteiger partial charge in [0.15, 0.2) is 0 Å². The molecule has 1 amide bonds. The van der Waals surface area contributed by atoms with Gasteiger partial charge in [0.2, 0.25) is 0 Å². The smallest absolute Gasteiger partial charge is 0.251 e. The number of anilines is 1. The molecule has 3 aliphatic carbocycles. The first-order valence-electron chi connectivity index (χ1n) is 13.5. The maximum absolute atomic E-state index is 13.8. The van der Waals surface area contributed by atoms with E-state index in [-0.39, 0.29) is 23.3 Å². The zero-order chi connectivity index (χ0) is 26.5. The molecule has 7 atom stereocenters. The first kappa shape index (κ1) is 25.0. The van der Waals surface area contributed by atoms with Crippen molar-refractivity contribution >= 4 is 11.6 Å². The number of aryl methyl sites for hydroxylation is 1. The second kappa shape index (κ2) is 7.85. The fraction of sp³-hybridized carbons (Fsp3) is 0.600. The Hall–Kier alpha value is -2.32. The Morgan fingerprint density at radius 3 is 2.68 bits per heavy atom. The van der Waals surface area contributed by atoms with E-state index in [1.807, 2.05) is 38.1 Å². The van der Waals surface area contributed by atoms with E-state index in [0.717, 1.165) is 47.4 Å². The number of hydrogen-bond acceptors (Lipinski definition) is 6. The molecule has 1 saturated heterocycles. The summed E-state index contributed by atoms with van der Waals surface area (Å²) in [5, 5.41) is 25.3. The van der Waals surface area contributed by atoms with Crippen LogP contribution in [0.2, 0.25) is 0 Å². The number of allylic oxidation sites excluding steroid dienone is 2. The van der Waals surface area contributed by atoms with Crippen molar-refractivity contribution in [1.82, 2.24) is 9.88 Å². The van der Waals surface area contributed by atoms with Gasteiger partial charge in [-0.2, -0.15) is 0 Å². The molecule has 1 aromatic rings. The quantitative estimate of drug-likeness (QED) is 0.582. The number of nitrogens with zero attached hydrogens (tertiary/aromatic N) is 2. The molecule has 3 heterocycles. The summed E-state index contributed by atoms with van der Waals surface area (Å²) < 4.78 is 7.21. The van der Waals surface area contributed by atoms with Crippen LogP contribution in [0, 0.1) is 23.7 Å². The van der Waals surface area contributed by atoms with Crippen molar-refractivity contribution in [2.24, 2.45) is 16.7 Å². The average Bonchev–Trinajstić information content (AvgIpc) is 3.37. The standard InChI is InChI=1S/C30H39N3O4/c1-17-21(8-7-13-31-17)32-26(36)19-9-10-23-28(19,4)27(2,3)15-18-14-20-24(34)25(35)22(33(5)6)16-29(20)11-12-30(18,23)37-29/h7-9,13-15,22-25,34-35H,10-12,16H2,1-6H3,(H,32,36)/t22?,23?,24-,25-,28-,29-,30-/m1/s1. The van der Waals surface area contributed by atoms with Crippen LogP contribution >= 0.6 is 0 Å². The highest BCUT2D eigenvalue weighted by Gasteiger charge is 2.70. The predicted octanol–water partition coefficient (Wildman–Crippen LogP) is 3.53. The van der Waals surface area contributed by atoms with E-state index in [4.69, 9.17) is 4.74 Å². The fourth-order valence-electron chi connectivity index (χ4n) is 8.23. The van der Waals surface area contributed by atoms with Crippen molar-refractivity contribution in [1.29, 1.82) is 0 Å². The summed E-state index contributed by atoms with van der Waals surface area (Å²) in [6.45, 7) is 8.52. The molecule has 1 aromatic heterocycles. The topological polar surface area (TPSA) is 94.9 Å². The Labute approximate surface area is 219 Å². The Morgan fingerprint density at radius 2 is 1.97 bits per heavy atom. The van der Waals surface area contributed by atoms with Gasteiger partial charge in [0.1, 0.15) is 6.10 Å². The van der Waals surface area contributed by atoms with Crippen LogP contribution in [0.15, 0.2) is 53.3 Å². The highest BCUT2D eigenvalue weighted by atomic mass is 16.5. The van der Waals surface area contributed by atoms with E-state index in [1.54, 1.807) is 6.20 Å². The van der Waals surface area contributed by atoms with Gasteiger partial charge in [-0.25, -0.2) is 0 Å². The molecule has 2 bridgehead atoms. The van der Waals surface area contributed by atoms with Crippen molar-refractivity contribution < 1.29 is 19.7 Å². The maximum atomic E-state index is 13.8. The van der Waals surface area contributed by atoms with Crippen LogP contribution in [0.1, 0.15) is 52.1 Å². The summed E-state index contributed by atoms with van der Waals surface area (Å²) in [6.07, 6.45) is 9.48. The number of ether oxygens (including phenoxy) is 1. The second-order valence-corrected chi connectivity index (χ2v) is 12.8. The van der Waals surface area contributed by atoms with Gasteiger partial charge in [0.05, 0.1) is 28.7 Å². The van der Waals surface area contributed by atoms with Gasteiger partial charge in [-0.1, -0.05) is 39.0 Å². The summed E-state index contributed by atoms with van der Waals surface area (Å²) in [7, 11) is 3.89. The number of rotatable bonds is 3. The molecule has 198 valence electrons. The minimum absolute atomic E-state index is 0.0777. The third kappa shape index (κ3) is 3.14. The second-order valence-electron chi connectivity index (χ2n) is 12.8. The zero-order valence-corrected chi connectivity index (χ0v) is 22.7. The monoisotopic (exact) mass is 505 g/mol. The number of fused-ring (bicyclic) bond motifs is 1. The summed E-state index contributed by atoms with van der Waals surface area (Å²) in [4.78, 5) is 20.1. The zero-order valence-electron chi connectivity index (χ0n) is 22.7. The van der Waals surface area contributed by atoms with Gasteiger partial charge in [-0.15, -0.1) is 0 Å². The highest BCUT2D eigenvalue weighted by molar-refractivity contribution is 6.05. The van der Waals surface area contributed by atoms with Crippen molar-refractivity contribution in [3.63, 3.8) is 0 Å². The van der Waals surface area contributed by atoms with E-state index in [2.05, 4.69) is 49.3 Å². The predicted molar refractivity (Wildman–Crippen MR) is 142 cm³/mol. The van der Waals surface area contributed by atoms with Gasteiger partial charge >= 0.3 is 0 Å². The first-order chi connectivity index (χ1) is 17.4. The van der Waals surface area contributed by atoms with E-state index in [1.165, 1.54) is 0 Å². The number of hydrogen-bond donors (Lipinski definition) is 3. The summed E-state index contributed by atoms with van der Waals surface area (Å²) >= 11 is 0. The lowest BCUT2D eigenvalue weighted by Gasteiger charge is -2.59. The van der Waals surface area contributed by atoms with E-state index in [0.29, 0.717) is 6.42 Å². The molecule has 7 nitrogen and oxygen atoms in total. The first-order valence-corrected chi connectivity index (χ1v) is 13.5. The van der Waals surface area contributed by atoms with Crippen LogP contribution in [0.3, 0.4) is 0 Å². The molecular weight excluding hydrogens is 466 g/mol. The third-order valence-electron chi connectivity index (χ3n) is 10.6. The number of aliphatic hydroxyl groups is 2. The van der Waals surface area contributed by atoms with Gasteiger partial charge in [-0.05, 0) is 75.4 Å². The number of nitrogens with one attached hydrogen (secondary N) is 1. The highest BCUT2D eigenvalue weighted by Crippen LogP contribution is 2.70. The molecule has 2 unspecified atom stereocenters. The van der Waals surface area contributed by atoms with E-state index < -0.39 is 28.8 Å². The lowest BCUT2D eigenvalue weighted by atomic mass is 9.49. The molecule has 0 aromatic carbocycles. The molecule has 3 N–H and O–H groups in total. The number of carbonyl (C=O) groups is 1. The SMILES string of the molecule is Cc1ncccc1NC(=O)C1=CCC2[C@@]34CC[C@]5(CC(N(C)C)[C@@H](O)[C@H](O)C5=CC3=CC(C)(C)[C@]12C)O4. The lowest BCUT2D eigenvalue weighted by Crippen LogP contribution is -2.63. The summed E-state index contributed by atoms with van der Waals surface area (Å²) in [6, 6.07) is 3.53. The number of amides is 1. The van der Waals surface area contributed by atoms with Crippen LogP contribution in [0.25, 0.3) is 0 Å². The van der Waals surface area contributed by atoms with Crippen molar-refractivity contribution in [2.45, 2.75) is 82.8 Å². The molecule has 7 heteroatoms. The summed E-state index contributed by atoms with van der Waals surface area (Å²) in [5.41, 5.74) is 2.34. The van der Waals surface area contributed by atoms with Crippen LogP contribution in [0.4, 0.5) is 5.69 Å². The van der Waals surface area contributed by atoms with Gasteiger partial charge in [0, 0.05) is 29.1 Å². The van der Waals surface area contributed by atoms with Crippen molar-refractivity contribution in [3.8, 4) is 0 Å². The number of carbonyl (C=O) groups excluding carboxylic acids is 1. The average molecular weight is 506 g/mol. The molecule has 37 heavy (non-hydrogen) atoms.